The van der Waals surface area contributed by atoms with Crippen LogP contribution in [0.5, 0.6) is 0 Å². The summed E-state index contributed by atoms with van der Waals surface area (Å²) in [5.41, 5.74) is 1.23. The van der Waals surface area contributed by atoms with Crippen LogP contribution in [0.2, 0.25) is 0 Å². The smallest absolute Gasteiger partial charge is 0.399 e. The van der Waals surface area contributed by atoms with Gasteiger partial charge in [-0.3, -0.25) is 4.98 Å². The summed E-state index contributed by atoms with van der Waals surface area (Å²) in [6, 6.07) is 19.3. The van der Waals surface area contributed by atoms with Crippen molar-refractivity contribution in [1.82, 2.24) is 4.98 Å². The molecule has 1 aromatic heterocycles. The molecular weight excluding hydrogens is 333 g/mol. The van der Waals surface area contributed by atoms with Gasteiger partial charge in [-0.2, -0.15) is 0 Å². The molecule has 5 rings (SSSR count). The van der Waals surface area contributed by atoms with Crippen molar-refractivity contribution in [2.24, 2.45) is 0 Å². The number of pyridine rings is 1. The van der Waals surface area contributed by atoms with Crippen LogP contribution in [0.25, 0.3) is 32.4 Å². The number of rotatable bonds is 1. The molecule has 2 heterocycles. The van der Waals surface area contributed by atoms with Crippen molar-refractivity contribution in [2.75, 3.05) is 0 Å². The molecule has 134 valence electrons. The largest absolute Gasteiger partial charge is 0.496 e. The third kappa shape index (κ3) is 2.48. The first-order valence-electron chi connectivity index (χ1n) is 9.41. The number of hydrogen-bond acceptors (Lipinski definition) is 3. The normalized spacial score (nSPS) is 18.6. The Morgan fingerprint density at radius 3 is 2.19 bits per heavy atom. The van der Waals surface area contributed by atoms with Gasteiger partial charge in [0.1, 0.15) is 0 Å². The predicted octanol–water partition coefficient (Wildman–Crippen LogP) is 4.84. The van der Waals surface area contributed by atoms with Gasteiger partial charge in [0.2, 0.25) is 0 Å². The highest BCUT2D eigenvalue weighted by molar-refractivity contribution is 6.62. The highest BCUT2D eigenvalue weighted by atomic mass is 16.7. The van der Waals surface area contributed by atoms with E-state index in [4.69, 9.17) is 14.3 Å². The summed E-state index contributed by atoms with van der Waals surface area (Å²) in [6.45, 7) is 8.29. The van der Waals surface area contributed by atoms with Gasteiger partial charge in [-0.05, 0) is 55.3 Å². The Morgan fingerprint density at radius 2 is 1.41 bits per heavy atom. The summed E-state index contributed by atoms with van der Waals surface area (Å²) < 4.78 is 12.4. The predicted molar refractivity (Wildman–Crippen MR) is 112 cm³/mol. The maximum Gasteiger partial charge on any atom is 0.496 e. The van der Waals surface area contributed by atoms with Crippen LogP contribution in [0.15, 0.2) is 60.8 Å². The van der Waals surface area contributed by atoms with Gasteiger partial charge in [-0.15, -0.1) is 0 Å². The van der Waals surface area contributed by atoms with Crippen molar-refractivity contribution in [3.05, 3.63) is 60.8 Å². The van der Waals surface area contributed by atoms with Crippen LogP contribution in [0, 0.1) is 0 Å². The number of aromatic nitrogens is 1. The van der Waals surface area contributed by atoms with E-state index in [0.717, 1.165) is 16.4 Å². The van der Waals surface area contributed by atoms with Crippen LogP contribution in [0.3, 0.4) is 0 Å². The first kappa shape index (κ1) is 16.7. The van der Waals surface area contributed by atoms with E-state index in [0.29, 0.717) is 0 Å². The molecule has 0 bridgehead atoms. The molecule has 4 aromatic rings. The Kier molecular flexibility index (Phi) is 3.43. The van der Waals surface area contributed by atoms with E-state index >= 15 is 0 Å². The van der Waals surface area contributed by atoms with Gasteiger partial charge in [0.25, 0.3) is 0 Å². The molecule has 4 heteroatoms. The first-order valence-corrected chi connectivity index (χ1v) is 9.41. The fourth-order valence-corrected chi connectivity index (χ4v) is 3.82. The molecule has 1 fully saturated rings. The summed E-state index contributed by atoms with van der Waals surface area (Å²) in [4.78, 5) is 4.69. The lowest BCUT2D eigenvalue weighted by Gasteiger charge is -2.32. The summed E-state index contributed by atoms with van der Waals surface area (Å²) >= 11 is 0. The fraction of sp³-hybridized carbons (Fsp3) is 0.261. The van der Waals surface area contributed by atoms with E-state index in [1.165, 1.54) is 21.5 Å². The molecule has 3 nitrogen and oxygen atoms in total. The Hall–Kier alpha value is -2.43. The van der Waals surface area contributed by atoms with Gasteiger partial charge in [0.15, 0.2) is 0 Å². The summed E-state index contributed by atoms with van der Waals surface area (Å²) in [5.74, 6) is 0. The van der Waals surface area contributed by atoms with E-state index in [-0.39, 0.29) is 11.2 Å². The highest BCUT2D eigenvalue weighted by Crippen LogP contribution is 2.37. The standard InChI is InChI=1S/C23H22BNO2/c1-22(2)23(3,4)27-24(26-22)16-13-20-19-10-9-15-7-5-6-8-17(15)18(19)11-12-21(20)25-14-16/h5-14H,1-4H3. The van der Waals surface area contributed by atoms with Gasteiger partial charge in [-0.25, -0.2) is 0 Å². The molecule has 0 atom stereocenters. The lowest BCUT2D eigenvalue weighted by molar-refractivity contribution is 0.00578. The second-order valence-corrected chi connectivity index (χ2v) is 8.37. The van der Waals surface area contributed by atoms with Gasteiger partial charge in [0.05, 0.1) is 16.7 Å². The SMILES string of the molecule is CC1(C)OB(c2cnc3ccc4c5ccccc5ccc4c3c2)OC1(C)C. The lowest BCUT2D eigenvalue weighted by Crippen LogP contribution is -2.41. The van der Waals surface area contributed by atoms with E-state index in [1.54, 1.807) is 0 Å². The number of nitrogens with zero attached hydrogens (tertiary/aromatic N) is 1. The minimum atomic E-state index is -0.400. The lowest BCUT2D eigenvalue weighted by atomic mass is 9.79. The van der Waals surface area contributed by atoms with E-state index in [2.05, 4.69) is 82.3 Å². The van der Waals surface area contributed by atoms with Crippen LogP contribution < -0.4 is 5.46 Å². The summed E-state index contributed by atoms with van der Waals surface area (Å²) in [7, 11) is -0.400. The molecule has 0 aliphatic carbocycles. The second kappa shape index (κ2) is 5.54. The third-order valence-electron chi connectivity index (χ3n) is 6.13. The van der Waals surface area contributed by atoms with E-state index in [1.807, 2.05) is 6.20 Å². The first-order chi connectivity index (χ1) is 12.9. The Bertz CT molecular complexity index is 1180. The zero-order valence-electron chi connectivity index (χ0n) is 16.1. The molecule has 0 amide bonds. The molecule has 0 spiro atoms. The molecule has 0 N–H and O–H groups in total. The zero-order chi connectivity index (χ0) is 18.8. The maximum absolute atomic E-state index is 6.22. The Balaban J connectivity index is 1.71. The molecular formula is C23H22BNO2. The average molecular weight is 355 g/mol. The topological polar surface area (TPSA) is 31.4 Å². The average Bonchev–Trinajstić information content (AvgIpc) is 2.88. The third-order valence-corrected chi connectivity index (χ3v) is 6.13. The monoisotopic (exact) mass is 355 g/mol. The van der Waals surface area contributed by atoms with Crippen molar-refractivity contribution in [3.8, 4) is 0 Å². The van der Waals surface area contributed by atoms with Gasteiger partial charge in [-0.1, -0.05) is 48.5 Å². The maximum atomic E-state index is 6.22. The molecule has 27 heavy (non-hydrogen) atoms. The highest BCUT2D eigenvalue weighted by Gasteiger charge is 2.51. The minimum Gasteiger partial charge on any atom is -0.399 e. The van der Waals surface area contributed by atoms with Crippen LogP contribution in [0.4, 0.5) is 0 Å². The van der Waals surface area contributed by atoms with Crippen molar-refractivity contribution in [2.45, 2.75) is 38.9 Å². The molecule has 1 aliphatic heterocycles. The summed E-state index contributed by atoms with van der Waals surface area (Å²) in [5, 5.41) is 6.09. The van der Waals surface area contributed by atoms with Crippen molar-refractivity contribution in [3.63, 3.8) is 0 Å². The van der Waals surface area contributed by atoms with Gasteiger partial charge in [0, 0.05) is 17.0 Å². The number of hydrogen-bond donors (Lipinski definition) is 0. The molecule has 0 radical (unpaired) electrons. The molecule has 1 aliphatic rings. The number of fused-ring (bicyclic) bond motifs is 5. The van der Waals surface area contributed by atoms with Gasteiger partial charge < -0.3 is 9.31 Å². The minimum absolute atomic E-state index is 0.360. The molecule has 1 saturated heterocycles. The zero-order valence-corrected chi connectivity index (χ0v) is 16.1. The van der Waals surface area contributed by atoms with Crippen LogP contribution in [-0.2, 0) is 9.31 Å². The molecule has 3 aromatic carbocycles. The Labute approximate surface area is 159 Å². The van der Waals surface area contributed by atoms with Crippen LogP contribution in [0.1, 0.15) is 27.7 Å². The van der Waals surface area contributed by atoms with Crippen LogP contribution in [-0.4, -0.2) is 23.3 Å². The van der Waals surface area contributed by atoms with E-state index < -0.39 is 7.12 Å². The van der Waals surface area contributed by atoms with Crippen LogP contribution >= 0.6 is 0 Å². The Morgan fingerprint density at radius 1 is 0.741 bits per heavy atom. The van der Waals surface area contributed by atoms with Crippen molar-refractivity contribution in [1.29, 1.82) is 0 Å². The second-order valence-electron chi connectivity index (χ2n) is 8.37. The summed E-state index contributed by atoms with van der Waals surface area (Å²) in [6.07, 6.45) is 1.87. The quantitative estimate of drug-likeness (QED) is 0.362. The van der Waals surface area contributed by atoms with E-state index in [9.17, 15) is 0 Å². The fourth-order valence-electron chi connectivity index (χ4n) is 3.82. The van der Waals surface area contributed by atoms with Gasteiger partial charge >= 0.3 is 7.12 Å². The van der Waals surface area contributed by atoms with Crippen molar-refractivity contribution >= 4 is 45.0 Å². The molecule has 0 unspecified atom stereocenters. The number of benzene rings is 3. The van der Waals surface area contributed by atoms with Crippen molar-refractivity contribution < 1.29 is 9.31 Å². The molecule has 0 saturated carbocycles.